The maximum absolute atomic E-state index is 3.31. The van der Waals surface area contributed by atoms with E-state index in [1.165, 1.54) is 37.3 Å². The zero-order chi connectivity index (χ0) is 8.81. The van der Waals surface area contributed by atoms with E-state index in [1.807, 2.05) is 0 Å². The molecule has 1 atom stereocenters. The van der Waals surface area contributed by atoms with Crippen LogP contribution in [0.4, 0.5) is 0 Å². The standard InChI is InChI=1S/C10H21NS/c1-3-9(8-11-2)10-4-6-12-7-5-10/h9-11H,3-8H2,1-2H3. The van der Waals surface area contributed by atoms with Crippen molar-refractivity contribution in [3.63, 3.8) is 0 Å². The molecule has 0 spiro atoms. The first kappa shape index (κ1) is 10.4. The summed E-state index contributed by atoms with van der Waals surface area (Å²) in [6.45, 7) is 3.54. The van der Waals surface area contributed by atoms with Gasteiger partial charge in [-0.1, -0.05) is 13.3 Å². The molecule has 1 heterocycles. The van der Waals surface area contributed by atoms with Crippen LogP contribution >= 0.6 is 11.8 Å². The largest absolute Gasteiger partial charge is 0.319 e. The fourth-order valence-corrected chi connectivity index (χ4v) is 3.24. The van der Waals surface area contributed by atoms with Crippen molar-refractivity contribution in [3.8, 4) is 0 Å². The van der Waals surface area contributed by atoms with Gasteiger partial charge in [-0.25, -0.2) is 0 Å². The van der Waals surface area contributed by atoms with Gasteiger partial charge in [-0.3, -0.25) is 0 Å². The molecule has 1 aliphatic rings. The molecule has 12 heavy (non-hydrogen) atoms. The summed E-state index contributed by atoms with van der Waals surface area (Å²) < 4.78 is 0. The maximum Gasteiger partial charge on any atom is -0.00210 e. The Kier molecular flexibility index (Phi) is 5.08. The quantitative estimate of drug-likeness (QED) is 0.725. The van der Waals surface area contributed by atoms with Crippen LogP contribution in [0.25, 0.3) is 0 Å². The predicted octanol–water partition coefficient (Wildman–Crippen LogP) is 2.38. The number of hydrogen-bond donors (Lipinski definition) is 1. The smallest absolute Gasteiger partial charge is 0.00210 e. The van der Waals surface area contributed by atoms with Crippen molar-refractivity contribution in [2.24, 2.45) is 11.8 Å². The lowest BCUT2D eigenvalue weighted by Crippen LogP contribution is -2.28. The number of hydrogen-bond acceptors (Lipinski definition) is 2. The zero-order valence-corrected chi connectivity index (χ0v) is 9.12. The Balaban J connectivity index is 2.29. The highest BCUT2D eigenvalue weighted by Crippen LogP contribution is 2.30. The normalized spacial score (nSPS) is 22.5. The number of thioether (sulfide) groups is 1. The molecule has 1 saturated heterocycles. The van der Waals surface area contributed by atoms with Gasteiger partial charge >= 0.3 is 0 Å². The zero-order valence-electron chi connectivity index (χ0n) is 8.31. The van der Waals surface area contributed by atoms with Gasteiger partial charge in [0.1, 0.15) is 0 Å². The second-order valence-electron chi connectivity index (χ2n) is 3.68. The van der Waals surface area contributed by atoms with E-state index in [2.05, 4.69) is 31.1 Å². The first-order valence-corrected chi connectivity index (χ1v) is 6.26. The van der Waals surface area contributed by atoms with Crippen molar-refractivity contribution < 1.29 is 0 Å². The average molecular weight is 187 g/mol. The lowest BCUT2D eigenvalue weighted by molar-refractivity contribution is 0.296. The minimum Gasteiger partial charge on any atom is -0.319 e. The van der Waals surface area contributed by atoms with E-state index in [0.29, 0.717) is 0 Å². The van der Waals surface area contributed by atoms with Crippen LogP contribution in [0.3, 0.4) is 0 Å². The van der Waals surface area contributed by atoms with Crippen molar-refractivity contribution in [3.05, 3.63) is 0 Å². The van der Waals surface area contributed by atoms with Crippen molar-refractivity contribution >= 4 is 11.8 Å². The third-order valence-electron chi connectivity index (χ3n) is 2.92. The van der Waals surface area contributed by atoms with E-state index in [0.717, 1.165) is 11.8 Å². The molecule has 0 radical (unpaired) electrons. The maximum atomic E-state index is 3.31. The minimum absolute atomic E-state index is 0.927. The molecule has 1 nitrogen and oxygen atoms in total. The Hall–Kier alpha value is 0.310. The summed E-state index contributed by atoms with van der Waals surface area (Å²) in [4.78, 5) is 0. The molecule has 0 bridgehead atoms. The number of nitrogens with one attached hydrogen (secondary N) is 1. The molecule has 1 unspecified atom stereocenters. The Labute approximate surface area is 80.7 Å². The van der Waals surface area contributed by atoms with E-state index >= 15 is 0 Å². The van der Waals surface area contributed by atoms with Gasteiger partial charge in [0.2, 0.25) is 0 Å². The van der Waals surface area contributed by atoms with Crippen molar-refractivity contribution in [1.29, 1.82) is 0 Å². The summed E-state index contributed by atoms with van der Waals surface area (Å²) >= 11 is 2.12. The summed E-state index contributed by atoms with van der Waals surface area (Å²) in [6.07, 6.45) is 4.24. The molecule has 1 aliphatic heterocycles. The van der Waals surface area contributed by atoms with E-state index in [-0.39, 0.29) is 0 Å². The van der Waals surface area contributed by atoms with Crippen LogP contribution in [0.5, 0.6) is 0 Å². The van der Waals surface area contributed by atoms with Gasteiger partial charge in [-0.05, 0) is 49.8 Å². The highest BCUT2D eigenvalue weighted by Gasteiger charge is 2.21. The average Bonchev–Trinajstić information content (AvgIpc) is 2.15. The van der Waals surface area contributed by atoms with Crippen LogP contribution in [0.2, 0.25) is 0 Å². The molecule has 0 aromatic carbocycles. The van der Waals surface area contributed by atoms with Gasteiger partial charge < -0.3 is 5.32 Å². The second kappa shape index (κ2) is 5.87. The van der Waals surface area contributed by atoms with Gasteiger partial charge in [0.15, 0.2) is 0 Å². The van der Waals surface area contributed by atoms with Gasteiger partial charge in [0.25, 0.3) is 0 Å². The second-order valence-corrected chi connectivity index (χ2v) is 4.90. The molecule has 1 fully saturated rings. The molecule has 1 N–H and O–H groups in total. The van der Waals surface area contributed by atoms with Gasteiger partial charge in [0, 0.05) is 0 Å². The van der Waals surface area contributed by atoms with Crippen LogP contribution < -0.4 is 5.32 Å². The van der Waals surface area contributed by atoms with Crippen LogP contribution in [0, 0.1) is 11.8 Å². The Morgan fingerprint density at radius 3 is 2.58 bits per heavy atom. The summed E-state index contributed by atoms with van der Waals surface area (Å²) in [5.41, 5.74) is 0. The van der Waals surface area contributed by atoms with Gasteiger partial charge in [-0.15, -0.1) is 0 Å². The van der Waals surface area contributed by atoms with E-state index in [4.69, 9.17) is 0 Å². The predicted molar refractivity (Wildman–Crippen MR) is 57.8 cm³/mol. The van der Waals surface area contributed by atoms with Crippen molar-refractivity contribution in [2.75, 3.05) is 25.1 Å². The summed E-state index contributed by atoms with van der Waals surface area (Å²) in [5.74, 6) is 4.72. The molecule has 0 aromatic heterocycles. The molecule has 0 aliphatic carbocycles. The fraction of sp³-hybridized carbons (Fsp3) is 1.00. The number of rotatable bonds is 4. The lowest BCUT2D eigenvalue weighted by atomic mass is 9.85. The molecule has 0 saturated carbocycles. The van der Waals surface area contributed by atoms with E-state index in [9.17, 15) is 0 Å². The Morgan fingerprint density at radius 2 is 2.08 bits per heavy atom. The van der Waals surface area contributed by atoms with Crippen molar-refractivity contribution in [1.82, 2.24) is 5.32 Å². The summed E-state index contributed by atoms with van der Waals surface area (Å²) in [5, 5.41) is 3.31. The van der Waals surface area contributed by atoms with E-state index < -0.39 is 0 Å². The lowest BCUT2D eigenvalue weighted by Gasteiger charge is -2.29. The van der Waals surface area contributed by atoms with Gasteiger partial charge in [0.05, 0.1) is 0 Å². The first-order valence-electron chi connectivity index (χ1n) is 5.10. The third-order valence-corrected chi connectivity index (χ3v) is 3.97. The van der Waals surface area contributed by atoms with Crippen LogP contribution in [-0.2, 0) is 0 Å². The highest BCUT2D eigenvalue weighted by molar-refractivity contribution is 7.99. The van der Waals surface area contributed by atoms with Crippen LogP contribution in [0.1, 0.15) is 26.2 Å². The molecule has 0 aromatic rings. The Bertz CT molecular complexity index is 108. The summed E-state index contributed by atoms with van der Waals surface area (Å²) in [7, 11) is 2.07. The molecular formula is C10H21NS. The van der Waals surface area contributed by atoms with Crippen LogP contribution in [0.15, 0.2) is 0 Å². The minimum atomic E-state index is 0.927. The van der Waals surface area contributed by atoms with Crippen molar-refractivity contribution in [2.45, 2.75) is 26.2 Å². The first-order chi connectivity index (χ1) is 5.88. The van der Waals surface area contributed by atoms with E-state index in [1.54, 1.807) is 0 Å². The highest BCUT2D eigenvalue weighted by atomic mass is 32.2. The fourth-order valence-electron chi connectivity index (χ4n) is 2.09. The molecule has 72 valence electrons. The SMILES string of the molecule is CCC(CNC)C1CCSCC1. The monoisotopic (exact) mass is 187 g/mol. The molecular weight excluding hydrogens is 166 g/mol. The van der Waals surface area contributed by atoms with Crippen LogP contribution in [-0.4, -0.2) is 25.1 Å². The Morgan fingerprint density at radius 1 is 1.42 bits per heavy atom. The molecule has 0 amide bonds. The molecule has 1 rings (SSSR count). The molecule has 2 heteroatoms. The third kappa shape index (κ3) is 2.98. The topological polar surface area (TPSA) is 12.0 Å². The van der Waals surface area contributed by atoms with Gasteiger partial charge in [-0.2, -0.15) is 11.8 Å². The summed E-state index contributed by atoms with van der Waals surface area (Å²) in [6, 6.07) is 0.